The summed E-state index contributed by atoms with van der Waals surface area (Å²) in [6.07, 6.45) is 1.92. The van der Waals surface area contributed by atoms with E-state index in [0.717, 1.165) is 15.6 Å². The van der Waals surface area contributed by atoms with Gasteiger partial charge in [0.1, 0.15) is 11.4 Å². The predicted molar refractivity (Wildman–Crippen MR) is 135 cm³/mol. The van der Waals surface area contributed by atoms with Crippen LogP contribution in [0.3, 0.4) is 0 Å². The molecule has 0 fully saturated rings. The first-order valence-corrected chi connectivity index (χ1v) is 12.6. The quantitative estimate of drug-likeness (QED) is 0.309. The molecule has 1 amide bonds. The van der Waals surface area contributed by atoms with E-state index in [1.54, 1.807) is 11.0 Å². The second-order valence-corrected chi connectivity index (χ2v) is 11.6. The zero-order valence-corrected chi connectivity index (χ0v) is 21.6. The summed E-state index contributed by atoms with van der Waals surface area (Å²) in [5, 5.41) is 0. The van der Waals surface area contributed by atoms with Gasteiger partial charge >= 0.3 is 6.09 Å². The third kappa shape index (κ3) is 8.62. The van der Waals surface area contributed by atoms with E-state index in [9.17, 15) is 9.35 Å². The van der Waals surface area contributed by atoms with Crippen molar-refractivity contribution in [2.24, 2.45) is 0 Å². The van der Waals surface area contributed by atoms with Crippen LogP contribution in [-0.4, -0.2) is 32.4 Å². The summed E-state index contributed by atoms with van der Waals surface area (Å²) in [4.78, 5) is 14.8. The molecule has 2 aromatic rings. The van der Waals surface area contributed by atoms with Crippen LogP contribution in [0.15, 0.2) is 71.7 Å². The maximum atomic E-state index is 13.1. The number of benzene rings is 2. The average molecular weight is 522 g/mol. The molecule has 0 bridgehead atoms. The lowest BCUT2D eigenvalue weighted by molar-refractivity contribution is 0.0775. The molecule has 0 aliphatic heterocycles. The molecule has 174 valence electrons. The van der Waals surface area contributed by atoms with Crippen LogP contribution >= 0.6 is 15.9 Å². The molecular formula is C25H33BrN2O3S. The van der Waals surface area contributed by atoms with Crippen molar-refractivity contribution >= 4 is 33.4 Å². The Bertz CT molecular complexity index is 856. The van der Waals surface area contributed by atoms with E-state index in [1.165, 1.54) is 0 Å². The van der Waals surface area contributed by atoms with Gasteiger partial charge in [-0.2, -0.15) is 0 Å². The van der Waals surface area contributed by atoms with Gasteiger partial charge in [-0.3, -0.25) is 0 Å². The third-order valence-corrected chi connectivity index (χ3v) is 7.09. The van der Waals surface area contributed by atoms with E-state index in [4.69, 9.17) is 4.74 Å². The van der Waals surface area contributed by atoms with Gasteiger partial charge in [0.2, 0.25) is 0 Å². The summed E-state index contributed by atoms with van der Waals surface area (Å²) in [6, 6.07) is 17.1. The van der Waals surface area contributed by atoms with Crippen molar-refractivity contribution in [3.8, 4) is 0 Å². The first-order valence-electron chi connectivity index (χ1n) is 10.6. The largest absolute Gasteiger partial charge is 0.598 e. The average Bonchev–Trinajstić information content (AvgIpc) is 2.76. The molecule has 1 N–H and O–H groups in total. The summed E-state index contributed by atoms with van der Waals surface area (Å²) < 4.78 is 21.9. The summed E-state index contributed by atoms with van der Waals surface area (Å²) in [6.45, 7) is 12.2. The van der Waals surface area contributed by atoms with Gasteiger partial charge in [0, 0.05) is 28.4 Å². The number of hydrogen-bond acceptors (Lipinski definition) is 4. The predicted octanol–water partition coefficient (Wildman–Crippen LogP) is 5.97. The minimum absolute atomic E-state index is 0.172. The van der Waals surface area contributed by atoms with Crippen LogP contribution in [0.2, 0.25) is 0 Å². The Morgan fingerprint density at radius 3 is 2.38 bits per heavy atom. The molecular weight excluding hydrogens is 488 g/mol. The summed E-state index contributed by atoms with van der Waals surface area (Å²) in [5.74, 6) is 0. The highest BCUT2D eigenvalue weighted by Gasteiger charge is 2.30. The minimum atomic E-state index is -1.24. The Morgan fingerprint density at radius 1 is 1.19 bits per heavy atom. The van der Waals surface area contributed by atoms with Gasteiger partial charge in [0.25, 0.3) is 0 Å². The van der Waals surface area contributed by atoms with Crippen molar-refractivity contribution in [1.29, 1.82) is 0 Å². The van der Waals surface area contributed by atoms with Crippen LogP contribution in [0.25, 0.3) is 0 Å². The Hall–Kier alpha value is -1.80. The van der Waals surface area contributed by atoms with Gasteiger partial charge in [0.05, 0.1) is 6.04 Å². The molecule has 7 heteroatoms. The first-order chi connectivity index (χ1) is 15.1. The smallest absolute Gasteiger partial charge is 0.410 e. The van der Waals surface area contributed by atoms with Gasteiger partial charge in [-0.1, -0.05) is 64.5 Å². The fraction of sp³-hybridized carbons (Fsp3) is 0.400. The van der Waals surface area contributed by atoms with Gasteiger partial charge in [-0.15, -0.1) is 11.3 Å². The van der Waals surface area contributed by atoms with Crippen molar-refractivity contribution in [1.82, 2.24) is 9.62 Å². The van der Waals surface area contributed by atoms with Crippen LogP contribution in [-0.2, 0) is 29.3 Å². The van der Waals surface area contributed by atoms with E-state index in [-0.39, 0.29) is 24.8 Å². The highest BCUT2D eigenvalue weighted by atomic mass is 79.9. The zero-order chi connectivity index (χ0) is 23.7. The number of halogens is 1. The standard InChI is InChI=1S/C25H33BrN2O3S/c1-6-23(27-32(30)25(3,4)5)16-19(2)28(17-20-12-14-22(26)15-13-20)24(29)31-18-21-10-8-7-9-11-21/h6-15,19,23,27H,1,16-18H2,2-5H3/t19-,23+,32+/m0/s1. The van der Waals surface area contributed by atoms with Crippen molar-refractivity contribution < 1.29 is 14.1 Å². The number of nitrogens with zero attached hydrogens (tertiary/aromatic N) is 1. The maximum absolute atomic E-state index is 13.1. The minimum Gasteiger partial charge on any atom is -0.598 e. The molecule has 0 aliphatic carbocycles. The van der Waals surface area contributed by atoms with E-state index in [0.29, 0.717) is 13.0 Å². The van der Waals surface area contributed by atoms with E-state index in [1.807, 2.05) is 82.3 Å². The van der Waals surface area contributed by atoms with Gasteiger partial charge < -0.3 is 14.2 Å². The third-order valence-electron chi connectivity index (χ3n) is 4.93. The summed E-state index contributed by atoms with van der Waals surface area (Å²) in [5.41, 5.74) is 1.93. The second kappa shape index (κ2) is 12.4. The molecule has 0 aliphatic rings. The molecule has 2 rings (SSSR count). The lowest BCUT2D eigenvalue weighted by Crippen LogP contribution is -2.47. The Morgan fingerprint density at radius 2 is 1.81 bits per heavy atom. The van der Waals surface area contributed by atoms with Crippen LogP contribution in [0.1, 0.15) is 45.2 Å². The molecule has 32 heavy (non-hydrogen) atoms. The molecule has 0 saturated heterocycles. The van der Waals surface area contributed by atoms with Gasteiger partial charge in [-0.05, 0) is 57.4 Å². The van der Waals surface area contributed by atoms with Crippen molar-refractivity contribution in [3.05, 3.63) is 82.9 Å². The number of carbonyl (C=O) groups is 1. The zero-order valence-electron chi connectivity index (χ0n) is 19.2. The Balaban J connectivity index is 2.12. The monoisotopic (exact) mass is 520 g/mol. The lowest BCUT2D eigenvalue weighted by atomic mass is 10.1. The number of amides is 1. The van der Waals surface area contributed by atoms with Crippen LogP contribution < -0.4 is 4.72 Å². The topological polar surface area (TPSA) is 64.6 Å². The van der Waals surface area contributed by atoms with Crippen molar-refractivity contribution in [2.75, 3.05) is 0 Å². The van der Waals surface area contributed by atoms with Crippen LogP contribution in [0.4, 0.5) is 4.79 Å². The molecule has 0 unspecified atom stereocenters. The molecule has 5 nitrogen and oxygen atoms in total. The molecule has 2 aromatic carbocycles. The van der Waals surface area contributed by atoms with Crippen molar-refractivity contribution in [2.45, 2.75) is 64.1 Å². The molecule has 0 heterocycles. The van der Waals surface area contributed by atoms with Crippen molar-refractivity contribution in [3.63, 3.8) is 0 Å². The second-order valence-electron chi connectivity index (χ2n) is 8.72. The fourth-order valence-electron chi connectivity index (χ4n) is 2.99. The normalized spacial score (nSPS) is 14.3. The van der Waals surface area contributed by atoms with Gasteiger partial charge in [0.15, 0.2) is 0 Å². The molecule has 0 saturated carbocycles. The number of nitrogens with one attached hydrogen (secondary N) is 1. The fourth-order valence-corrected chi connectivity index (χ4v) is 4.08. The lowest BCUT2D eigenvalue weighted by Gasteiger charge is -2.32. The first kappa shape index (κ1) is 26.5. The SMILES string of the molecule is C=C[C@H](C[C@H](C)N(Cc1ccc(Br)cc1)C(=O)OCc1ccccc1)N[S@+]([O-])C(C)(C)C. The Kier molecular flexibility index (Phi) is 10.3. The molecule has 0 spiro atoms. The van der Waals surface area contributed by atoms with Gasteiger partial charge in [-0.25, -0.2) is 4.79 Å². The van der Waals surface area contributed by atoms with Crippen LogP contribution in [0.5, 0.6) is 0 Å². The highest BCUT2D eigenvalue weighted by Crippen LogP contribution is 2.20. The molecule has 0 radical (unpaired) electrons. The Labute approximate surface area is 203 Å². The van der Waals surface area contributed by atoms with E-state index >= 15 is 0 Å². The highest BCUT2D eigenvalue weighted by molar-refractivity contribution is 9.10. The van der Waals surface area contributed by atoms with Crippen LogP contribution in [0, 0.1) is 0 Å². The summed E-state index contributed by atoms with van der Waals surface area (Å²) in [7, 11) is 0. The number of rotatable bonds is 10. The van der Waals surface area contributed by atoms with E-state index in [2.05, 4.69) is 27.2 Å². The maximum Gasteiger partial charge on any atom is 0.410 e. The number of hydrogen-bond donors (Lipinski definition) is 1. The number of carbonyl (C=O) groups excluding carboxylic acids is 1. The molecule has 0 aromatic heterocycles. The number of ether oxygens (including phenoxy) is 1. The summed E-state index contributed by atoms with van der Waals surface area (Å²) >= 11 is 2.21. The van der Waals surface area contributed by atoms with E-state index < -0.39 is 16.1 Å². The molecule has 3 atom stereocenters.